The molecular formula is C14H15NO3. The molecule has 0 spiro atoms. The second kappa shape index (κ2) is 5.49. The van der Waals surface area contributed by atoms with Gasteiger partial charge in [-0.1, -0.05) is 12.1 Å². The van der Waals surface area contributed by atoms with Crippen LogP contribution in [0.2, 0.25) is 0 Å². The Hall–Kier alpha value is -2.10. The summed E-state index contributed by atoms with van der Waals surface area (Å²) < 4.78 is 5.27. The summed E-state index contributed by atoms with van der Waals surface area (Å²) in [6.07, 6.45) is 2.89. The number of nitrogens with one attached hydrogen (secondary N) is 1. The van der Waals surface area contributed by atoms with Crippen LogP contribution in [0.3, 0.4) is 0 Å². The number of carbonyl (C=O) groups is 2. The van der Waals surface area contributed by atoms with Gasteiger partial charge in [-0.3, -0.25) is 4.79 Å². The molecule has 0 saturated carbocycles. The van der Waals surface area contributed by atoms with Gasteiger partial charge in [0.1, 0.15) is 5.78 Å². The Morgan fingerprint density at radius 1 is 1.22 bits per heavy atom. The fourth-order valence-electron chi connectivity index (χ4n) is 1.78. The summed E-state index contributed by atoms with van der Waals surface area (Å²) in [6, 6.07) is 7.62. The van der Waals surface area contributed by atoms with E-state index in [1.54, 1.807) is 6.20 Å². The maximum Gasteiger partial charge on any atom is 0.311 e. The second-order valence-electron chi connectivity index (χ2n) is 4.23. The SMILES string of the molecule is CC(=O)CCCC(=O)Oc1c[nH]c2ccccc12. The fraction of sp³-hybridized carbons (Fsp3) is 0.286. The Kier molecular flexibility index (Phi) is 3.77. The fourth-order valence-corrected chi connectivity index (χ4v) is 1.78. The van der Waals surface area contributed by atoms with Crippen molar-refractivity contribution >= 4 is 22.7 Å². The van der Waals surface area contributed by atoms with Crippen LogP contribution in [0.4, 0.5) is 0 Å². The highest BCUT2D eigenvalue weighted by Crippen LogP contribution is 2.25. The van der Waals surface area contributed by atoms with E-state index in [1.165, 1.54) is 6.92 Å². The molecule has 0 aliphatic carbocycles. The third-order valence-corrected chi connectivity index (χ3v) is 2.68. The van der Waals surface area contributed by atoms with Crippen molar-refractivity contribution in [1.29, 1.82) is 0 Å². The molecule has 0 bridgehead atoms. The van der Waals surface area contributed by atoms with Gasteiger partial charge in [-0.15, -0.1) is 0 Å². The highest BCUT2D eigenvalue weighted by Gasteiger charge is 2.09. The molecule has 1 N–H and O–H groups in total. The third kappa shape index (κ3) is 2.97. The number of esters is 1. The molecular weight excluding hydrogens is 230 g/mol. The molecule has 0 amide bonds. The number of hydrogen-bond acceptors (Lipinski definition) is 3. The maximum atomic E-state index is 11.6. The van der Waals surface area contributed by atoms with Crippen LogP contribution in [0.1, 0.15) is 26.2 Å². The van der Waals surface area contributed by atoms with E-state index in [1.807, 2.05) is 24.3 Å². The number of hydrogen-bond donors (Lipinski definition) is 1. The number of carbonyl (C=O) groups excluding carboxylic acids is 2. The standard InChI is InChI=1S/C14H15NO3/c1-10(16)5-4-8-14(17)18-13-9-15-12-7-3-2-6-11(12)13/h2-3,6-7,9,15H,4-5,8H2,1H3. The molecule has 0 radical (unpaired) electrons. The van der Waals surface area contributed by atoms with E-state index in [0.29, 0.717) is 18.6 Å². The lowest BCUT2D eigenvalue weighted by molar-refractivity contribution is -0.134. The number of H-pyrrole nitrogens is 1. The number of ketones is 1. The van der Waals surface area contributed by atoms with E-state index in [-0.39, 0.29) is 18.2 Å². The molecule has 1 aromatic carbocycles. The monoisotopic (exact) mass is 245 g/mol. The predicted octanol–water partition coefficient (Wildman–Crippen LogP) is 2.83. The van der Waals surface area contributed by atoms with Crippen molar-refractivity contribution in [3.8, 4) is 5.75 Å². The molecule has 0 aliphatic rings. The number of aromatic amines is 1. The summed E-state index contributed by atoms with van der Waals surface area (Å²) in [5.41, 5.74) is 0.934. The van der Waals surface area contributed by atoms with Crippen LogP contribution < -0.4 is 4.74 Å². The van der Waals surface area contributed by atoms with E-state index in [4.69, 9.17) is 4.74 Å². The first kappa shape index (κ1) is 12.4. The number of fused-ring (bicyclic) bond motifs is 1. The molecule has 18 heavy (non-hydrogen) atoms. The molecule has 0 aliphatic heterocycles. The zero-order chi connectivity index (χ0) is 13.0. The quantitative estimate of drug-likeness (QED) is 0.824. The molecule has 1 heterocycles. The Bertz CT molecular complexity index is 571. The van der Waals surface area contributed by atoms with E-state index in [2.05, 4.69) is 4.98 Å². The zero-order valence-corrected chi connectivity index (χ0v) is 10.2. The minimum Gasteiger partial charge on any atom is -0.424 e. The summed E-state index contributed by atoms with van der Waals surface area (Å²) in [6.45, 7) is 1.52. The van der Waals surface area contributed by atoms with Gasteiger partial charge in [0.2, 0.25) is 0 Å². The van der Waals surface area contributed by atoms with Crippen molar-refractivity contribution in [1.82, 2.24) is 4.98 Å². The van der Waals surface area contributed by atoms with Gasteiger partial charge in [0.25, 0.3) is 0 Å². The molecule has 0 saturated heterocycles. The van der Waals surface area contributed by atoms with Gasteiger partial charge >= 0.3 is 5.97 Å². The Labute approximate surface area is 105 Å². The van der Waals surface area contributed by atoms with Crippen molar-refractivity contribution in [2.45, 2.75) is 26.2 Å². The van der Waals surface area contributed by atoms with Crippen molar-refractivity contribution in [2.24, 2.45) is 0 Å². The van der Waals surface area contributed by atoms with Crippen LogP contribution in [-0.2, 0) is 9.59 Å². The third-order valence-electron chi connectivity index (χ3n) is 2.68. The van der Waals surface area contributed by atoms with Gasteiger partial charge in [0.15, 0.2) is 5.75 Å². The summed E-state index contributed by atoms with van der Waals surface area (Å²) in [5, 5.41) is 0.886. The van der Waals surface area contributed by atoms with Crippen molar-refractivity contribution in [3.63, 3.8) is 0 Å². The second-order valence-corrected chi connectivity index (χ2v) is 4.23. The lowest BCUT2D eigenvalue weighted by Crippen LogP contribution is -2.07. The van der Waals surface area contributed by atoms with Crippen LogP contribution in [0, 0.1) is 0 Å². The first-order valence-electron chi connectivity index (χ1n) is 5.93. The van der Waals surface area contributed by atoms with Crippen molar-refractivity contribution in [2.75, 3.05) is 0 Å². The molecule has 0 atom stereocenters. The zero-order valence-electron chi connectivity index (χ0n) is 10.2. The van der Waals surface area contributed by atoms with Gasteiger partial charge in [0, 0.05) is 29.9 Å². The summed E-state index contributed by atoms with van der Waals surface area (Å²) in [4.78, 5) is 25.4. The molecule has 4 nitrogen and oxygen atoms in total. The van der Waals surface area contributed by atoms with Crippen LogP contribution >= 0.6 is 0 Å². The molecule has 0 unspecified atom stereocenters. The van der Waals surface area contributed by atoms with E-state index < -0.39 is 0 Å². The van der Waals surface area contributed by atoms with E-state index in [0.717, 1.165) is 10.9 Å². The van der Waals surface area contributed by atoms with Crippen molar-refractivity contribution < 1.29 is 14.3 Å². The smallest absolute Gasteiger partial charge is 0.311 e. The summed E-state index contributed by atoms with van der Waals surface area (Å²) in [7, 11) is 0. The van der Waals surface area contributed by atoms with E-state index >= 15 is 0 Å². The number of rotatable bonds is 5. The summed E-state index contributed by atoms with van der Waals surface area (Å²) >= 11 is 0. The van der Waals surface area contributed by atoms with Gasteiger partial charge < -0.3 is 14.5 Å². The average Bonchev–Trinajstić information content (AvgIpc) is 2.72. The normalized spacial score (nSPS) is 10.5. The number of para-hydroxylation sites is 1. The lowest BCUT2D eigenvalue weighted by atomic mass is 10.2. The highest BCUT2D eigenvalue weighted by molar-refractivity contribution is 5.88. The molecule has 4 heteroatoms. The predicted molar refractivity (Wildman–Crippen MR) is 68.5 cm³/mol. The van der Waals surface area contributed by atoms with E-state index in [9.17, 15) is 9.59 Å². The highest BCUT2D eigenvalue weighted by atomic mass is 16.5. The number of aromatic nitrogens is 1. The Balaban J connectivity index is 1.97. The Morgan fingerprint density at radius 2 is 2.00 bits per heavy atom. The topological polar surface area (TPSA) is 59.2 Å². The first-order valence-corrected chi connectivity index (χ1v) is 5.93. The van der Waals surface area contributed by atoms with Crippen LogP contribution in [0.5, 0.6) is 5.75 Å². The number of ether oxygens (including phenoxy) is 1. The molecule has 2 aromatic rings. The lowest BCUT2D eigenvalue weighted by Gasteiger charge is -2.02. The average molecular weight is 245 g/mol. The van der Waals surface area contributed by atoms with Gasteiger partial charge in [-0.05, 0) is 25.5 Å². The van der Waals surface area contributed by atoms with Gasteiger partial charge in [0.05, 0.1) is 0 Å². The minimum atomic E-state index is -0.305. The molecule has 2 rings (SSSR count). The summed E-state index contributed by atoms with van der Waals surface area (Å²) in [5.74, 6) is 0.328. The van der Waals surface area contributed by atoms with Crippen LogP contribution in [0.15, 0.2) is 30.5 Å². The minimum absolute atomic E-state index is 0.0925. The molecule has 94 valence electrons. The van der Waals surface area contributed by atoms with Crippen LogP contribution in [-0.4, -0.2) is 16.7 Å². The van der Waals surface area contributed by atoms with Crippen LogP contribution in [0.25, 0.3) is 10.9 Å². The van der Waals surface area contributed by atoms with Crippen molar-refractivity contribution in [3.05, 3.63) is 30.5 Å². The molecule has 1 aromatic heterocycles. The first-order chi connectivity index (χ1) is 8.66. The largest absolute Gasteiger partial charge is 0.424 e. The number of Topliss-reactive ketones (excluding diaryl/α,β-unsaturated/α-hetero) is 1. The maximum absolute atomic E-state index is 11.6. The molecule has 0 fully saturated rings. The Morgan fingerprint density at radius 3 is 2.78 bits per heavy atom. The van der Waals surface area contributed by atoms with Gasteiger partial charge in [-0.2, -0.15) is 0 Å². The number of benzene rings is 1. The van der Waals surface area contributed by atoms with Gasteiger partial charge in [-0.25, -0.2) is 0 Å².